The molecule has 9 heteroatoms. The third kappa shape index (κ3) is 4.68. The van der Waals surface area contributed by atoms with E-state index in [9.17, 15) is 13.2 Å². The molecule has 0 aliphatic carbocycles. The number of hydrogen-bond donors (Lipinski definition) is 1. The van der Waals surface area contributed by atoms with E-state index in [2.05, 4.69) is 4.98 Å². The highest BCUT2D eigenvalue weighted by Gasteiger charge is 2.31. The lowest BCUT2D eigenvalue weighted by Gasteiger charge is -2.25. The number of aromatic nitrogens is 1. The van der Waals surface area contributed by atoms with Crippen LogP contribution in [0.15, 0.2) is 52.2 Å². The quantitative estimate of drug-likeness (QED) is 0.559. The zero-order valence-electron chi connectivity index (χ0n) is 17.9. The van der Waals surface area contributed by atoms with E-state index in [-0.39, 0.29) is 29.6 Å². The average Bonchev–Trinajstić information content (AvgIpc) is 3.28. The Morgan fingerprint density at radius 1 is 1.22 bits per heavy atom. The number of halogens is 1. The van der Waals surface area contributed by atoms with Crippen molar-refractivity contribution in [3.05, 3.63) is 69.0 Å². The van der Waals surface area contributed by atoms with Crippen molar-refractivity contribution in [2.75, 3.05) is 20.3 Å². The highest BCUT2D eigenvalue weighted by atomic mass is 35.5. The molecule has 1 aliphatic heterocycles. The Balaban J connectivity index is 1.75. The molecule has 2 aromatic carbocycles. The smallest absolute Gasteiger partial charge is 0.252 e. The van der Waals surface area contributed by atoms with Gasteiger partial charge in [-0.2, -0.15) is 4.31 Å². The molecule has 4 rings (SSSR count). The molecule has 170 valence electrons. The van der Waals surface area contributed by atoms with Gasteiger partial charge in [0.05, 0.1) is 23.6 Å². The van der Waals surface area contributed by atoms with Gasteiger partial charge in [0.2, 0.25) is 10.0 Å². The van der Waals surface area contributed by atoms with Crippen LogP contribution in [0.5, 0.6) is 5.75 Å². The molecular formula is C23H25ClN2O5S. The van der Waals surface area contributed by atoms with E-state index in [0.29, 0.717) is 34.0 Å². The number of fused-ring (bicyclic) bond motifs is 1. The van der Waals surface area contributed by atoms with Crippen molar-refractivity contribution in [2.45, 2.75) is 37.3 Å². The predicted octanol–water partition coefficient (Wildman–Crippen LogP) is 3.87. The lowest BCUT2D eigenvalue weighted by atomic mass is 10.1. The van der Waals surface area contributed by atoms with E-state index < -0.39 is 10.0 Å². The summed E-state index contributed by atoms with van der Waals surface area (Å²) in [5.74, 6) is 0.625. The summed E-state index contributed by atoms with van der Waals surface area (Å²) in [6, 6.07) is 11.9. The molecule has 0 bridgehead atoms. The van der Waals surface area contributed by atoms with Crippen LogP contribution in [0.4, 0.5) is 0 Å². The number of methoxy groups -OCH3 is 1. The maximum atomic E-state index is 13.6. The fourth-order valence-electron chi connectivity index (χ4n) is 3.91. The van der Waals surface area contributed by atoms with Crippen molar-refractivity contribution in [1.29, 1.82) is 0 Å². The van der Waals surface area contributed by atoms with E-state index in [1.165, 1.54) is 10.4 Å². The number of nitrogens with zero attached hydrogens (tertiary/aromatic N) is 1. The van der Waals surface area contributed by atoms with E-state index in [1.807, 2.05) is 6.07 Å². The van der Waals surface area contributed by atoms with Crippen LogP contribution in [0.1, 0.15) is 24.0 Å². The number of ether oxygens (including phenoxy) is 2. The summed E-state index contributed by atoms with van der Waals surface area (Å²) in [4.78, 5) is 15.8. The molecular weight excluding hydrogens is 452 g/mol. The number of nitrogens with one attached hydrogen (secondary N) is 1. The molecule has 7 nitrogen and oxygen atoms in total. The largest absolute Gasteiger partial charge is 0.497 e. The molecule has 1 atom stereocenters. The molecule has 3 aromatic rings. The molecule has 1 saturated heterocycles. The summed E-state index contributed by atoms with van der Waals surface area (Å²) < 4.78 is 39.5. The van der Waals surface area contributed by atoms with Gasteiger partial charge in [0.1, 0.15) is 5.75 Å². The SMILES string of the molecule is COc1ccc2cc(CN(C[C@@H]3CCCO3)S(=O)(=O)c3cc(Cl)ccc3C)c(=O)[nH]c2c1. The molecule has 1 aromatic heterocycles. The number of benzene rings is 2. The number of aromatic amines is 1. The topological polar surface area (TPSA) is 88.7 Å². The molecule has 0 unspecified atom stereocenters. The van der Waals surface area contributed by atoms with Gasteiger partial charge >= 0.3 is 0 Å². The third-order valence-corrected chi connectivity index (χ3v) is 7.86. The third-order valence-electron chi connectivity index (χ3n) is 5.68. The number of hydrogen-bond acceptors (Lipinski definition) is 5. The van der Waals surface area contributed by atoms with Crippen LogP contribution in [0.25, 0.3) is 10.9 Å². The highest BCUT2D eigenvalue weighted by molar-refractivity contribution is 7.89. The van der Waals surface area contributed by atoms with Gasteiger partial charge in [-0.1, -0.05) is 17.7 Å². The first-order valence-electron chi connectivity index (χ1n) is 10.4. The Morgan fingerprint density at radius 3 is 2.75 bits per heavy atom. The second-order valence-electron chi connectivity index (χ2n) is 7.92. The lowest BCUT2D eigenvalue weighted by molar-refractivity contribution is 0.0925. The van der Waals surface area contributed by atoms with Crippen LogP contribution in [0.3, 0.4) is 0 Å². The summed E-state index contributed by atoms with van der Waals surface area (Å²) in [5, 5.41) is 1.12. The molecule has 1 fully saturated rings. The summed E-state index contributed by atoms with van der Waals surface area (Å²) in [5.41, 5.74) is 1.22. The van der Waals surface area contributed by atoms with E-state index in [0.717, 1.165) is 18.2 Å². The summed E-state index contributed by atoms with van der Waals surface area (Å²) in [6.45, 7) is 2.41. The number of rotatable bonds is 7. The van der Waals surface area contributed by atoms with Crippen LogP contribution in [-0.4, -0.2) is 44.1 Å². The van der Waals surface area contributed by atoms with Crippen molar-refractivity contribution in [3.8, 4) is 5.75 Å². The summed E-state index contributed by atoms with van der Waals surface area (Å²) >= 11 is 6.10. The minimum Gasteiger partial charge on any atom is -0.497 e. The molecule has 0 saturated carbocycles. The van der Waals surface area contributed by atoms with Gasteiger partial charge in [0.15, 0.2) is 0 Å². The fourth-order valence-corrected chi connectivity index (χ4v) is 5.85. The first kappa shape index (κ1) is 22.8. The predicted molar refractivity (Wildman–Crippen MR) is 124 cm³/mol. The molecule has 0 spiro atoms. The van der Waals surface area contributed by atoms with Crippen molar-refractivity contribution in [2.24, 2.45) is 0 Å². The van der Waals surface area contributed by atoms with E-state index in [4.69, 9.17) is 21.1 Å². The lowest BCUT2D eigenvalue weighted by Crippen LogP contribution is -2.38. The normalized spacial score (nSPS) is 16.7. The van der Waals surface area contributed by atoms with Gasteiger partial charge in [-0.05, 0) is 61.0 Å². The van der Waals surface area contributed by atoms with Gasteiger partial charge in [0, 0.05) is 36.3 Å². The number of pyridine rings is 1. The van der Waals surface area contributed by atoms with Crippen LogP contribution >= 0.6 is 11.6 Å². The van der Waals surface area contributed by atoms with Gasteiger partial charge in [0.25, 0.3) is 5.56 Å². The Hall–Kier alpha value is -2.39. The molecule has 0 amide bonds. The van der Waals surface area contributed by atoms with Crippen molar-refractivity contribution < 1.29 is 17.9 Å². The molecule has 2 heterocycles. The van der Waals surface area contributed by atoms with Crippen LogP contribution < -0.4 is 10.3 Å². The average molecular weight is 477 g/mol. The van der Waals surface area contributed by atoms with Crippen LogP contribution in [0, 0.1) is 6.92 Å². The van der Waals surface area contributed by atoms with Gasteiger partial charge < -0.3 is 14.5 Å². The van der Waals surface area contributed by atoms with E-state index >= 15 is 0 Å². The monoisotopic (exact) mass is 476 g/mol. The van der Waals surface area contributed by atoms with Crippen LogP contribution in [0.2, 0.25) is 5.02 Å². The first-order valence-corrected chi connectivity index (χ1v) is 12.2. The summed E-state index contributed by atoms with van der Waals surface area (Å²) in [6.07, 6.45) is 1.44. The first-order chi connectivity index (χ1) is 15.3. The maximum Gasteiger partial charge on any atom is 0.252 e. The molecule has 32 heavy (non-hydrogen) atoms. The molecule has 1 aliphatic rings. The Morgan fingerprint density at radius 2 is 2.03 bits per heavy atom. The highest BCUT2D eigenvalue weighted by Crippen LogP contribution is 2.27. The zero-order chi connectivity index (χ0) is 22.9. The minimum absolute atomic E-state index is 0.0779. The van der Waals surface area contributed by atoms with Crippen molar-refractivity contribution in [3.63, 3.8) is 0 Å². The summed E-state index contributed by atoms with van der Waals surface area (Å²) in [7, 11) is -2.37. The molecule has 0 radical (unpaired) electrons. The van der Waals surface area contributed by atoms with E-state index in [1.54, 1.807) is 44.4 Å². The Kier molecular flexibility index (Phi) is 6.57. The Bertz CT molecular complexity index is 1300. The van der Waals surface area contributed by atoms with Crippen molar-refractivity contribution in [1.82, 2.24) is 9.29 Å². The fraction of sp³-hybridized carbons (Fsp3) is 0.348. The second-order valence-corrected chi connectivity index (χ2v) is 10.3. The van der Waals surface area contributed by atoms with Gasteiger partial charge in [-0.3, -0.25) is 4.79 Å². The van der Waals surface area contributed by atoms with Gasteiger partial charge in [-0.15, -0.1) is 0 Å². The van der Waals surface area contributed by atoms with Gasteiger partial charge in [-0.25, -0.2) is 8.42 Å². The number of sulfonamides is 1. The van der Waals surface area contributed by atoms with Crippen LogP contribution in [-0.2, 0) is 21.3 Å². The standard InChI is InChI=1S/C23H25ClN2O5S/c1-15-5-7-18(24)11-22(15)32(28,29)26(14-20-4-3-9-31-20)13-17-10-16-6-8-19(30-2)12-21(16)25-23(17)27/h5-8,10-12,20H,3-4,9,13-14H2,1-2H3,(H,25,27)/t20-/m0/s1. The Labute approximate surface area is 192 Å². The molecule has 1 N–H and O–H groups in total. The second kappa shape index (κ2) is 9.23. The zero-order valence-corrected chi connectivity index (χ0v) is 19.5. The number of aryl methyl sites for hydroxylation is 1. The number of H-pyrrole nitrogens is 1. The maximum absolute atomic E-state index is 13.6. The minimum atomic E-state index is -3.92. The van der Waals surface area contributed by atoms with Crippen molar-refractivity contribution >= 4 is 32.5 Å².